The molecule has 0 aliphatic rings. The highest BCUT2D eigenvalue weighted by atomic mass is 35.5. The Labute approximate surface area is 169 Å². The lowest BCUT2D eigenvalue weighted by molar-refractivity contribution is 0.103. The van der Waals surface area contributed by atoms with Gasteiger partial charge in [-0.1, -0.05) is 19.0 Å². The van der Waals surface area contributed by atoms with Gasteiger partial charge < -0.3 is 10.1 Å². The zero-order valence-electron chi connectivity index (χ0n) is 15.6. The molecule has 156 valence electrons. The molecule has 0 aliphatic heterocycles. The molecule has 0 saturated heterocycles. The molecule has 0 saturated carbocycles. The van der Waals surface area contributed by atoms with Crippen molar-refractivity contribution in [2.45, 2.75) is 25.7 Å². The summed E-state index contributed by atoms with van der Waals surface area (Å²) in [7, 11) is -0.513. The van der Waals surface area contributed by atoms with Gasteiger partial charge in [-0.05, 0) is 25.5 Å². The van der Waals surface area contributed by atoms with Crippen LogP contribution in [0.2, 0.25) is 5.02 Å². The lowest BCUT2D eigenvalue weighted by Crippen LogP contribution is -2.20. The SMILES string of the molecule is C.COCCCNc1c(S(C)(=O)=O)ccc(C(=O)c2c(C)[nH]n(C)c2=O)c1Cl. The molecular formula is C18H26ClN3O5S. The fourth-order valence-corrected chi connectivity index (χ4v) is 3.96. The van der Waals surface area contributed by atoms with Crippen molar-refractivity contribution in [3.05, 3.63) is 44.3 Å². The highest BCUT2D eigenvalue weighted by Gasteiger charge is 2.25. The first-order valence-corrected chi connectivity index (χ1v) is 10.4. The number of ether oxygens (including phenoxy) is 1. The molecule has 2 aromatic rings. The van der Waals surface area contributed by atoms with Crippen LogP contribution in [0.25, 0.3) is 0 Å². The van der Waals surface area contributed by atoms with E-state index in [2.05, 4.69) is 10.4 Å². The van der Waals surface area contributed by atoms with Crippen LogP contribution in [0.15, 0.2) is 21.8 Å². The van der Waals surface area contributed by atoms with Gasteiger partial charge in [0.1, 0.15) is 5.56 Å². The minimum atomic E-state index is -3.58. The third-order valence-electron chi connectivity index (χ3n) is 4.03. The second kappa shape index (κ2) is 9.40. The molecule has 0 radical (unpaired) electrons. The van der Waals surface area contributed by atoms with E-state index in [4.69, 9.17) is 16.3 Å². The van der Waals surface area contributed by atoms with Gasteiger partial charge in [-0.15, -0.1) is 0 Å². The topological polar surface area (TPSA) is 110 Å². The number of rotatable bonds is 8. The molecule has 2 rings (SSSR count). The minimum Gasteiger partial charge on any atom is -0.385 e. The molecule has 10 heteroatoms. The van der Waals surface area contributed by atoms with Gasteiger partial charge in [-0.2, -0.15) is 0 Å². The summed E-state index contributed by atoms with van der Waals surface area (Å²) in [6, 6.07) is 2.65. The maximum atomic E-state index is 12.9. The highest BCUT2D eigenvalue weighted by molar-refractivity contribution is 7.90. The van der Waals surface area contributed by atoms with Crippen LogP contribution < -0.4 is 10.9 Å². The number of ketones is 1. The van der Waals surface area contributed by atoms with E-state index in [0.717, 1.165) is 6.26 Å². The Morgan fingerprint density at radius 2 is 2.00 bits per heavy atom. The van der Waals surface area contributed by atoms with Gasteiger partial charge in [-0.3, -0.25) is 19.4 Å². The number of halogens is 1. The van der Waals surface area contributed by atoms with Crippen LogP contribution in [-0.4, -0.2) is 50.5 Å². The number of hydrogen-bond donors (Lipinski definition) is 2. The first kappa shape index (κ1) is 23.9. The normalized spacial score (nSPS) is 11.2. The summed E-state index contributed by atoms with van der Waals surface area (Å²) in [4.78, 5) is 25.1. The monoisotopic (exact) mass is 431 g/mol. The Hall–Kier alpha value is -2.10. The molecule has 0 spiro atoms. The van der Waals surface area contributed by atoms with E-state index in [9.17, 15) is 18.0 Å². The lowest BCUT2D eigenvalue weighted by atomic mass is 10.0. The molecule has 0 amide bonds. The van der Waals surface area contributed by atoms with Crippen molar-refractivity contribution in [1.29, 1.82) is 0 Å². The number of aromatic nitrogens is 2. The van der Waals surface area contributed by atoms with Gasteiger partial charge in [0.15, 0.2) is 9.84 Å². The Kier molecular flexibility index (Phi) is 8.04. The van der Waals surface area contributed by atoms with E-state index in [1.54, 1.807) is 14.0 Å². The molecular weight excluding hydrogens is 406 g/mol. The van der Waals surface area contributed by atoms with E-state index < -0.39 is 21.2 Å². The maximum Gasteiger partial charge on any atom is 0.277 e. The highest BCUT2D eigenvalue weighted by Crippen LogP contribution is 2.34. The number of anilines is 1. The number of carbonyl (C=O) groups excluding carboxylic acids is 1. The van der Waals surface area contributed by atoms with Crippen LogP contribution in [0.3, 0.4) is 0 Å². The molecule has 0 fully saturated rings. The zero-order valence-corrected chi connectivity index (χ0v) is 17.1. The first-order valence-electron chi connectivity index (χ1n) is 8.15. The molecule has 1 heterocycles. The fourth-order valence-electron chi connectivity index (χ4n) is 2.73. The number of aromatic amines is 1. The smallest absolute Gasteiger partial charge is 0.277 e. The van der Waals surface area contributed by atoms with Gasteiger partial charge in [0.2, 0.25) is 5.78 Å². The molecule has 1 aromatic carbocycles. The Morgan fingerprint density at radius 1 is 1.36 bits per heavy atom. The van der Waals surface area contributed by atoms with Gasteiger partial charge in [0.05, 0.1) is 15.6 Å². The van der Waals surface area contributed by atoms with Crippen molar-refractivity contribution < 1.29 is 17.9 Å². The van der Waals surface area contributed by atoms with Crippen molar-refractivity contribution in [3.8, 4) is 0 Å². The second-order valence-electron chi connectivity index (χ2n) is 6.15. The largest absolute Gasteiger partial charge is 0.385 e. The van der Waals surface area contributed by atoms with Gasteiger partial charge >= 0.3 is 0 Å². The molecule has 28 heavy (non-hydrogen) atoms. The third-order valence-corrected chi connectivity index (χ3v) is 5.56. The molecule has 8 nitrogen and oxygen atoms in total. The third kappa shape index (κ3) is 4.84. The molecule has 0 bridgehead atoms. The quantitative estimate of drug-likeness (QED) is 0.490. The average molecular weight is 432 g/mol. The van der Waals surface area contributed by atoms with E-state index in [-0.39, 0.29) is 34.2 Å². The standard InChI is InChI=1S/C17H22ClN3O5S.CH4/c1-10-13(17(23)21(2)20-10)16(22)11-6-7-12(27(4,24)25)15(14(11)18)19-8-5-9-26-3;/h6-7,19-20H,5,8-9H2,1-4H3;1H4. The summed E-state index contributed by atoms with van der Waals surface area (Å²) >= 11 is 6.39. The van der Waals surface area contributed by atoms with E-state index >= 15 is 0 Å². The van der Waals surface area contributed by atoms with Crippen LogP contribution in [0.4, 0.5) is 5.69 Å². The average Bonchev–Trinajstić information content (AvgIpc) is 2.83. The minimum absolute atomic E-state index is 0. The van der Waals surface area contributed by atoms with Crippen molar-refractivity contribution in [3.63, 3.8) is 0 Å². The number of benzene rings is 1. The van der Waals surface area contributed by atoms with Crippen LogP contribution in [0.5, 0.6) is 0 Å². The van der Waals surface area contributed by atoms with E-state index in [1.165, 1.54) is 23.9 Å². The molecule has 2 N–H and O–H groups in total. The van der Waals surface area contributed by atoms with Crippen molar-refractivity contribution >= 4 is 32.9 Å². The zero-order chi connectivity index (χ0) is 20.4. The van der Waals surface area contributed by atoms with Crippen LogP contribution in [0.1, 0.15) is 35.5 Å². The number of nitrogens with one attached hydrogen (secondary N) is 2. The first-order chi connectivity index (χ1) is 12.6. The van der Waals surface area contributed by atoms with E-state index in [0.29, 0.717) is 25.3 Å². The number of carbonyl (C=O) groups is 1. The Bertz CT molecular complexity index is 1020. The van der Waals surface area contributed by atoms with Crippen molar-refractivity contribution in [2.24, 2.45) is 7.05 Å². The Balaban J connectivity index is 0.00000392. The summed E-state index contributed by atoms with van der Waals surface area (Å²) < 4.78 is 30.4. The number of sulfone groups is 1. The maximum absolute atomic E-state index is 12.9. The molecule has 1 aromatic heterocycles. The summed E-state index contributed by atoms with van der Waals surface area (Å²) in [5.74, 6) is -0.570. The van der Waals surface area contributed by atoms with Crippen LogP contribution in [-0.2, 0) is 21.6 Å². The predicted octanol–water partition coefficient (Wildman–Crippen LogP) is 2.39. The number of aryl methyl sites for hydroxylation is 2. The predicted molar refractivity (Wildman–Crippen MR) is 110 cm³/mol. The summed E-state index contributed by atoms with van der Waals surface area (Å²) in [5.41, 5.74) is 0.0989. The van der Waals surface area contributed by atoms with Crippen molar-refractivity contribution in [2.75, 3.05) is 31.8 Å². The summed E-state index contributed by atoms with van der Waals surface area (Å²) in [6.45, 7) is 2.49. The van der Waals surface area contributed by atoms with E-state index in [1.807, 2.05) is 0 Å². The van der Waals surface area contributed by atoms with Gasteiger partial charge in [0.25, 0.3) is 5.56 Å². The second-order valence-corrected chi connectivity index (χ2v) is 8.51. The molecule has 0 aliphatic carbocycles. The number of methoxy groups -OCH3 is 1. The van der Waals surface area contributed by atoms with Crippen LogP contribution >= 0.6 is 11.6 Å². The fraction of sp³-hybridized carbons (Fsp3) is 0.444. The van der Waals surface area contributed by atoms with Crippen LogP contribution in [0, 0.1) is 6.92 Å². The number of H-pyrrole nitrogens is 1. The van der Waals surface area contributed by atoms with Gasteiger partial charge in [0, 0.05) is 44.8 Å². The Morgan fingerprint density at radius 3 is 2.50 bits per heavy atom. The van der Waals surface area contributed by atoms with Gasteiger partial charge in [-0.25, -0.2) is 8.42 Å². The summed E-state index contributed by atoms with van der Waals surface area (Å²) in [5, 5.41) is 5.69. The van der Waals surface area contributed by atoms with Crippen molar-refractivity contribution in [1.82, 2.24) is 9.78 Å². The number of nitrogens with zero attached hydrogens (tertiary/aromatic N) is 1. The summed E-state index contributed by atoms with van der Waals surface area (Å²) in [6.07, 6.45) is 1.68. The molecule has 0 unspecified atom stereocenters. The lowest BCUT2D eigenvalue weighted by Gasteiger charge is -2.15. The number of hydrogen-bond acceptors (Lipinski definition) is 6. The molecule has 0 atom stereocenters.